The van der Waals surface area contributed by atoms with E-state index < -0.39 is 0 Å². The van der Waals surface area contributed by atoms with E-state index in [-0.39, 0.29) is 0 Å². The van der Waals surface area contributed by atoms with Crippen molar-refractivity contribution in [2.24, 2.45) is 4.99 Å². The normalized spacial score (nSPS) is 17.4. The Balaban J connectivity index is 1.61. The Morgan fingerprint density at radius 2 is 2.20 bits per heavy atom. The van der Waals surface area contributed by atoms with Gasteiger partial charge in [0.15, 0.2) is 5.96 Å². The van der Waals surface area contributed by atoms with Crippen molar-refractivity contribution in [1.29, 1.82) is 0 Å². The van der Waals surface area contributed by atoms with Crippen LogP contribution in [0.5, 0.6) is 0 Å². The molecule has 0 amide bonds. The zero-order valence-electron chi connectivity index (χ0n) is 15.5. The summed E-state index contributed by atoms with van der Waals surface area (Å²) in [6, 6.07) is 4.22. The van der Waals surface area contributed by atoms with Gasteiger partial charge in [-0.25, -0.2) is 0 Å². The first-order valence-corrected chi connectivity index (χ1v) is 9.23. The van der Waals surface area contributed by atoms with E-state index in [9.17, 15) is 0 Å². The molecular formula is C18H32N4O3. The average Bonchev–Trinajstić information content (AvgIpc) is 3.16. The van der Waals surface area contributed by atoms with E-state index in [0.29, 0.717) is 19.3 Å². The van der Waals surface area contributed by atoms with Gasteiger partial charge in [-0.1, -0.05) is 0 Å². The molecule has 2 rings (SSSR count). The maximum Gasteiger partial charge on any atom is 0.191 e. The standard InChI is InChI=1S/C18H32N4O3/c1-3-19-18(21-14-16(2)22-8-12-23-13-9-22)20-7-5-10-24-15-17-6-4-11-25-17/h4,6,11,16H,3,5,7-10,12-15H2,1-2H3,(H2,19,20,21). The third-order valence-electron chi connectivity index (χ3n) is 4.11. The van der Waals surface area contributed by atoms with Gasteiger partial charge in [-0.3, -0.25) is 9.89 Å². The van der Waals surface area contributed by atoms with Crippen LogP contribution in [0, 0.1) is 0 Å². The van der Waals surface area contributed by atoms with Gasteiger partial charge in [0.05, 0.1) is 26.0 Å². The minimum absolute atomic E-state index is 0.427. The van der Waals surface area contributed by atoms with Crippen LogP contribution in [-0.2, 0) is 16.1 Å². The zero-order chi connectivity index (χ0) is 17.7. The number of aliphatic imine (C=N–C) groups is 1. The molecule has 0 aliphatic carbocycles. The maximum absolute atomic E-state index is 5.58. The van der Waals surface area contributed by atoms with Crippen molar-refractivity contribution in [3.05, 3.63) is 24.2 Å². The molecule has 0 saturated carbocycles. The van der Waals surface area contributed by atoms with E-state index in [1.165, 1.54) is 0 Å². The van der Waals surface area contributed by atoms with Crippen molar-refractivity contribution in [2.45, 2.75) is 32.9 Å². The Bertz CT molecular complexity index is 473. The smallest absolute Gasteiger partial charge is 0.191 e. The third-order valence-corrected chi connectivity index (χ3v) is 4.11. The Kier molecular flexibility index (Phi) is 9.40. The van der Waals surface area contributed by atoms with Gasteiger partial charge < -0.3 is 24.5 Å². The van der Waals surface area contributed by atoms with Crippen LogP contribution in [0.15, 0.2) is 27.8 Å². The van der Waals surface area contributed by atoms with Crippen LogP contribution in [0.1, 0.15) is 26.0 Å². The van der Waals surface area contributed by atoms with Gasteiger partial charge in [-0.2, -0.15) is 0 Å². The van der Waals surface area contributed by atoms with Crippen LogP contribution in [0.25, 0.3) is 0 Å². The topological polar surface area (TPSA) is 71.3 Å². The van der Waals surface area contributed by atoms with Crippen molar-refractivity contribution < 1.29 is 13.9 Å². The van der Waals surface area contributed by atoms with Gasteiger partial charge in [0.1, 0.15) is 12.4 Å². The summed E-state index contributed by atoms with van der Waals surface area (Å²) in [7, 11) is 0. The Morgan fingerprint density at radius 3 is 2.92 bits per heavy atom. The van der Waals surface area contributed by atoms with Gasteiger partial charge in [-0.15, -0.1) is 0 Å². The van der Waals surface area contributed by atoms with Crippen molar-refractivity contribution in [3.63, 3.8) is 0 Å². The van der Waals surface area contributed by atoms with Crippen molar-refractivity contribution in [2.75, 3.05) is 52.5 Å². The predicted octanol–water partition coefficient (Wildman–Crippen LogP) is 1.46. The number of guanidine groups is 1. The predicted molar refractivity (Wildman–Crippen MR) is 98.8 cm³/mol. The summed E-state index contributed by atoms with van der Waals surface area (Å²) in [5.41, 5.74) is 0. The molecular weight excluding hydrogens is 320 g/mol. The summed E-state index contributed by atoms with van der Waals surface area (Å²) >= 11 is 0. The summed E-state index contributed by atoms with van der Waals surface area (Å²) in [5.74, 6) is 1.73. The fourth-order valence-corrected chi connectivity index (χ4v) is 2.65. The van der Waals surface area contributed by atoms with Crippen LogP contribution in [0.3, 0.4) is 0 Å². The van der Waals surface area contributed by atoms with E-state index in [1.807, 2.05) is 12.1 Å². The highest BCUT2D eigenvalue weighted by Crippen LogP contribution is 2.04. The summed E-state index contributed by atoms with van der Waals surface area (Å²) < 4.78 is 16.2. The average molecular weight is 352 g/mol. The number of rotatable bonds is 10. The molecule has 2 N–H and O–H groups in total. The number of ether oxygens (including phenoxy) is 2. The molecule has 2 heterocycles. The number of morpholine rings is 1. The van der Waals surface area contributed by atoms with E-state index in [4.69, 9.17) is 18.9 Å². The lowest BCUT2D eigenvalue weighted by molar-refractivity contribution is 0.0220. The first kappa shape index (κ1) is 19.8. The molecule has 1 unspecified atom stereocenters. The second-order valence-corrected chi connectivity index (χ2v) is 6.13. The van der Waals surface area contributed by atoms with Crippen LogP contribution < -0.4 is 10.6 Å². The van der Waals surface area contributed by atoms with Crippen LogP contribution in [0.2, 0.25) is 0 Å². The molecule has 0 spiro atoms. The van der Waals surface area contributed by atoms with Gasteiger partial charge >= 0.3 is 0 Å². The Hall–Kier alpha value is -1.57. The second kappa shape index (κ2) is 11.9. The lowest BCUT2D eigenvalue weighted by Crippen LogP contribution is -2.44. The molecule has 142 valence electrons. The highest BCUT2D eigenvalue weighted by Gasteiger charge is 2.16. The number of nitrogens with zero attached hydrogens (tertiary/aromatic N) is 2. The highest BCUT2D eigenvalue weighted by molar-refractivity contribution is 5.79. The summed E-state index contributed by atoms with van der Waals surface area (Å²) in [6.07, 6.45) is 2.58. The van der Waals surface area contributed by atoms with Gasteiger partial charge in [0, 0.05) is 38.8 Å². The fourth-order valence-electron chi connectivity index (χ4n) is 2.65. The molecule has 1 fully saturated rings. The third kappa shape index (κ3) is 7.90. The molecule has 1 saturated heterocycles. The van der Waals surface area contributed by atoms with Crippen molar-refractivity contribution in [3.8, 4) is 0 Å². The van der Waals surface area contributed by atoms with Crippen LogP contribution in [0.4, 0.5) is 0 Å². The number of hydrogen-bond acceptors (Lipinski definition) is 5. The van der Waals surface area contributed by atoms with Gasteiger partial charge in [-0.05, 0) is 32.4 Å². The first-order chi connectivity index (χ1) is 12.3. The molecule has 0 bridgehead atoms. The quantitative estimate of drug-likeness (QED) is 0.377. The summed E-state index contributed by atoms with van der Waals surface area (Å²) in [5, 5.41) is 6.66. The second-order valence-electron chi connectivity index (χ2n) is 6.13. The van der Waals surface area contributed by atoms with E-state index in [0.717, 1.165) is 64.1 Å². The number of hydrogen-bond donors (Lipinski definition) is 2. The highest BCUT2D eigenvalue weighted by atomic mass is 16.5. The summed E-state index contributed by atoms with van der Waals surface area (Å²) in [4.78, 5) is 7.13. The minimum atomic E-state index is 0.427. The lowest BCUT2D eigenvalue weighted by Gasteiger charge is -2.31. The SMILES string of the molecule is CCNC(=NCC(C)N1CCOCC1)NCCCOCc1ccco1. The van der Waals surface area contributed by atoms with Crippen LogP contribution >= 0.6 is 0 Å². The van der Waals surface area contributed by atoms with E-state index in [1.54, 1.807) is 6.26 Å². The zero-order valence-corrected chi connectivity index (χ0v) is 15.5. The van der Waals surface area contributed by atoms with Crippen LogP contribution in [-0.4, -0.2) is 69.4 Å². The van der Waals surface area contributed by atoms with Crippen molar-refractivity contribution >= 4 is 5.96 Å². The molecule has 7 nitrogen and oxygen atoms in total. The Morgan fingerprint density at radius 1 is 1.36 bits per heavy atom. The van der Waals surface area contributed by atoms with Gasteiger partial charge in [0.2, 0.25) is 0 Å². The lowest BCUT2D eigenvalue weighted by atomic mass is 10.2. The molecule has 1 aromatic rings. The van der Waals surface area contributed by atoms with Crippen molar-refractivity contribution in [1.82, 2.24) is 15.5 Å². The summed E-state index contributed by atoms with van der Waals surface area (Å²) in [6.45, 7) is 11.6. The monoisotopic (exact) mass is 352 g/mol. The molecule has 7 heteroatoms. The molecule has 1 aliphatic rings. The molecule has 25 heavy (non-hydrogen) atoms. The molecule has 0 radical (unpaired) electrons. The number of nitrogens with one attached hydrogen (secondary N) is 2. The molecule has 1 atom stereocenters. The van der Waals surface area contributed by atoms with E-state index >= 15 is 0 Å². The first-order valence-electron chi connectivity index (χ1n) is 9.23. The largest absolute Gasteiger partial charge is 0.467 e. The fraction of sp³-hybridized carbons (Fsp3) is 0.722. The molecule has 0 aromatic carbocycles. The molecule has 1 aromatic heterocycles. The van der Waals surface area contributed by atoms with Gasteiger partial charge in [0.25, 0.3) is 0 Å². The maximum atomic E-state index is 5.58. The molecule has 1 aliphatic heterocycles. The van der Waals surface area contributed by atoms with E-state index in [2.05, 4.69) is 29.4 Å². The number of furan rings is 1. The minimum Gasteiger partial charge on any atom is -0.467 e. The Labute approximate surface area is 150 Å².